The molecular formula is C16H24O3. The lowest BCUT2D eigenvalue weighted by molar-refractivity contribution is -0.0381. The van der Waals surface area contributed by atoms with Gasteiger partial charge < -0.3 is 14.6 Å². The fourth-order valence-corrected chi connectivity index (χ4v) is 2.72. The quantitative estimate of drug-likeness (QED) is 0.821. The third kappa shape index (κ3) is 3.71. The van der Waals surface area contributed by atoms with Gasteiger partial charge in [0, 0.05) is 12.2 Å². The summed E-state index contributed by atoms with van der Waals surface area (Å²) in [7, 11) is 0. The first-order valence-corrected chi connectivity index (χ1v) is 7.26. The Hall–Kier alpha value is -1.06. The van der Waals surface area contributed by atoms with Crippen LogP contribution in [0.4, 0.5) is 0 Å². The number of ether oxygens (including phenoxy) is 2. The second-order valence-electron chi connectivity index (χ2n) is 5.14. The van der Waals surface area contributed by atoms with E-state index in [1.54, 1.807) is 0 Å². The van der Waals surface area contributed by atoms with Crippen LogP contribution >= 0.6 is 0 Å². The maximum atomic E-state index is 10.4. The van der Waals surface area contributed by atoms with Gasteiger partial charge in [0.15, 0.2) is 0 Å². The number of hydrogen-bond donors (Lipinski definition) is 1. The van der Waals surface area contributed by atoms with Crippen LogP contribution in [0.1, 0.15) is 44.8 Å². The van der Waals surface area contributed by atoms with Crippen LogP contribution in [-0.4, -0.2) is 24.4 Å². The van der Waals surface area contributed by atoms with Gasteiger partial charge in [0.2, 0.25) is 0 Å². The third-order valence-electron chi connectivity index (χ3n) is 3.73. The van der Waals surface area contributed by atoms with Crippen LogP contribution in [0, 0.1) is 5.92 Å². The fourth-order valence-electron chi connectivity index (χ4n) is 2.72. The Labute approximate surface area is 115 Å². The Bertz CT molecular complexity index is 385. The highest BCUT2D eigenvalue weighted by Crippen LogP contribution is 2.38. The third-order valence-corrected chi connectivity index (χ3v) is 3.73. The van der Waals surface area contributed by atoms with Crippen molar-refractivity contribution in [2.75, 3.05) is 13.2 Å². The van der Waals surface area contributed by atoms with Gasteiger partial charge in [-0.3, -0.25) is 0 Å². The first-order valence-electron chi connectivity index (χ1n) is 7.26. The van der Waals surface area contributed by atoms with Crippen molar-refractivity contribution < 1.29 is 14.6 Å². The Balaban J connectivity index is 1.88. The minimum absolute atomic E-state index is 0.407. The number of hydrogen-bond acceptors (Lipinski definition) is 3. The predicted molar refractivity (Wildman–Crippen MR) is 75.3 cm³/mol. The molecule has 1 aliphatic rings. The Morgan fingerprint density at radius 1 is 1.21 bits per heavy atom. The Morgan fingerprint density at radius 3 is 2.63 bits per heavy atom. The van der Waals surface area contributed by atoms with Crippen LogP contribution in [-0.2, 0) is 4.74 Å². The van der Waals surface area contributed by atoms with Gasteiger partial charge in [0.25, 0.3) is 0 Å². The van der Waals surface area contributed by atoms with Crippen LogP contribution in [0.5, 0.6) is 5.75 Å². The summed E-state index contributed by atoms with van der Waals surface area (Å²) < 4.78 is 11.1. The smallest absolute Gasteiger partial charge is 0.125 e. The van der Waals surface area contributed by atoms with Crippen molar-refractivity contribution >= 4 is 0 Å². The highest BCUT2D eigenvalue weighted by atomic mass is 16.5. The molecule has 1 aliphatic carbocycles. The number of para-hydroxylation sites is 1. The molecule has 1 aromatic carbocycles. The molecule has 0 radical (unpaired) electrons. The summed E-state index contributed by atoms with van der Waals surface area (Å²) >= 11 is 0. The minimum Gasteiger partial charge on any atom is -0.493 e. The molecular weight excluding hydrogens is 240 g/mol. The summed E-state index contributed by atoms with van der Waals surface area (Å²) in [5.41, 5.74) is 0.907. The molecule has 0 aromatic heterocycles. The van der Waals surface area contributed by atoms with E-state index in [4.69, 9.17) is 9.47 Å². The van der Waals surface area contributed by atoms with Crippen molar-refractivity contribution in [3.8, 4) is 5.75 Å². The molecule has 0 spiro atoms. The summed E-state index contributed by atoms with van der Waals surface area (Å²) in [4.78, 5) is 0. The molecule has 0 bridgehead atoms. The molecule has 1 atom stereocenters. The van der Waals surface area contributed by atoms with E-state index in [1.807, 2.05) is 38.1 Å². The zero-order chi connectivity index (χ0) is 13.7. The van der Waals surface area contributed by atoms with Gasteiger partial charge in [-0.25, -0.2) is 0 Å². The van der Waals surface area contributed by atoms with Crippen molar-refractivity contribution in [3.63, 3.8) is 0 Å². The standard InChI is InChI=1S/C16H24O3/c1-3-18-13-9-12(10-13)11-15(17)14-7-5-6-8-16(14)19-4-2/h5-8,12-13,15,17H,3-4,9-11H2,1-2H3. The summed E-state index contributed by atoms with van der Waals surface area (Å²) in [6.07, 6.45) is 2.91. The predicted octanol–water partition coefficient (Wildman–Crippen LogP) is 3.32. The Morgan fingerprint density at radius 2 is 1.95 bits per heavy atom. The first-order chi connectivity index (χ1) is 9.24. The van der Waals surface area contributed by atoms with E-state index in [-0.39, 0.29) is 0 Å². The van der Waals surface area contributed by atoms with Gasteiger partial charge in [-0.2, -0.15) is 0 Å². The molecule has 2 rings (SSSR count). The zero-order valence-corrected chi connectivity index (χ0v) is 11.8. The van der Waals surface area contributed by atoms with Crippen molar-refractivity contribution in [1.82, 2.24) is 0 Å². The topological polar surface area (TPSA) is 38.7 Å². The van der Waals surface area contributed by atoms with Gasteiger partial charge in [-0.1, -0.05) is 18.2 Å². The first kappa shape index (κ1) is 14.4. The highest BCUT2D eigenvalue weighted by molar-refractivity contribution is 5.35. The molecule has 1 unspecified atom stereocenters. The lowest BCUT2D eigenvalue weighted by Gasteiger charge is -2.36. The molecule has 1 N–H and O–H groups in total. The van der Waals surface area contributed by atoms with Crippen LogP contribution in [0.3, 0.4) is 0 Å². The van der Waals surface area contributed by atoms with Crippen molar-refractivity contribution in [2.45, 2.75) is 45.3 Å². The molecule has 0 amide bonds. The molecule has 3 heteroatoms. The molecule has 1 saturated carbocycles. The second kappa shape index (κ2) is 6.92. The van der Waals surface area contributed by atoms with E-state index in [2.05, 4.69) is 0 Å². The van der Waals surface area contributed by atoms with Gasteiger partial charge in [0.05, 0.1) is 18.8 Å². The zero-order valence-electron chi connectivity index (χ0n) is 11.8. The number of aliphatic hydroxyl groups excluding tert-OH is 1. The van der Waals surface area contributed by atoms with Crippen molar-refractivity contribution in [2.24, 2.45) is 5.92 Å². The normalized spacial score (nSPS) is 23.7. The van der Waals surface area contributed by atoms with Crippen molar-refractivity contribution in [3.05, 3.63) is 29.8 Å². The molecule has 0 heterocycles. The van der Waals surface area contributed by atoms with Crippen LogP contribution in [0.15, 0.2) is 24.3 Å². The molecule has 19 heavy (non-hydrogen) atoms. The van der Waals surface area contributed by atoms with E-state index in [0.29, 0.717) is 18.6 Å². The van der Waals surface area contributed by atoms with Gasteiger partial charge in [-0.05, 0) is 45.1 Å². The van der Waals surface area contributed by atoms with Crippen LogP contribution in [0.25, 0.3) is 0 Å². The SMILES string of the molecule is CCOc1ccccc1C(O)CC1CC(OCC)C1. The summed E-state index contributed by atoms with van der Waals surface area (Å²) in [6, 6.07) is 7.76. The largest absolute Gasteiger partial charge is 0.493 e. The fraction of sp³-hybridized carbons (Fsp3) is 0.625. The van der Waals surface area contributed by atoms with Gasteiger partial charge in [0.1, 0.15) is 5.75 Å². The molecule has 106 valence electrons. The molecule has 1 aromatic rings. The van der Waals surface area contributed by atoms with Crippen LogP contribution < -0.4 is 4.74 Å². The monoisotopic (exact) mass is 264 g/mol. The minimum atomic E-state index is -0.435. The molecule has 0 saturated heterocycles. The van der Waals surface area contributed by atoms with E-state index in [1.165, 1.54) is 0 Å². The average molecular weight is 264 g/mol. The number of aliphatic hydroxyl groups is 1. The van der Waals surface area contributed by atoms with E-state index < -0.39 is 6.10 Å². The maximum Gasteiger partial charge on any atom is 0.125 e. The molecule has 0 aliphatic heterocycles. The maximum absolute atomic E-state index is 10.4. The molecule has 3 nitrogen and oxygen atoms in total. The lowest BCUT2D eigenvalue weighted by atomic mass is 9.78. The van der Waals surface area contributed by atoms with E-state index in [9.17, 15) is 5.11 Å². The Kier molecular flexibility index (Phi) is 5.23. The lowest BCUT2D eigenvalue weighted by Crippen LogP contribution is -2.32. The van der Waals surface area contributed by atoms with Gasteiger partial charge >= 0.3 is 0 Å². The molecule has 1 fully saturated rings. The average Bonchev–Trinajstić information content (AvgIpc) is 2.37. The van der Waals surface area contributed by atoms with Crippen LogP contribution in [0.2, 0.25) is 0 Å². The van der Waals surface area contributed by atoms with Crippen molar-refractivity contribution in [1.29, 1.82) is 0 Å². The number of benzene rings is 1. The van der Waals surface area contributed by atoms with E-state index in [0.717, 1.165) is 37.2 Å². The summed E-state index contributed by atoms with van der Waals surface area (Å²) in [6.45, 7) is 5.40. The number of rotatable bonds is 7. The summed E-state index contributed by atoms with van der Waals surface area (Å²) in [5.74, 6) is 1.37. The van der Waals surface area contributed by atoms with Gasteiger partial charge in [-0.15, -0.1) is 0 Å². The summed E-state index contributed by atoms with van der Waals surface area (Å²) in [5, 5.41) is 10.4. The van der Waals surface area contributed by atoms with E-state index >= 15 is 0 Å². The second-order valence-corrected chi connectivity index (χ2v) is 5.14. The highest BCUT2D eigenvalue weighted by Gasteiger charge is 2.31.